The topological polar surface area (TPSA) is 98.8 Å². The highest BCUT2D eigenvalue weighted by Crippen LogP contribution is 2.46. The van der Waals surface area contributed by atoms with Crippen LogP contribution in [0.2, 0.25) is 0 Å². The second-order valence-corrected chi connectivity index (χ2v) is 10.0. The number of nitrogens with one attached hydrogen (secondary N) is 2. The Morgan fingerprint density at radius 2 is 2.00 bits per heavy atom. The zero-order valence-electron chi connectivity index (χ0n) is 18.4. The molecule has 8 nitrogen and oxygen atoms in total. The van der Waals surface area contributed by atoms with Gasteiger partial charge in [-0.1, -0.05) is 26.8 Å². The SMILES string of the molecule is CC1CC(C)(C)CC2(C1)NC(=O)N(CC(=O)Nc1cccc(N3CCCC3=O)c1)C2=O. The molecule has 1 aromatic rings. The quantitative estimate of drug-likeness (QED) is 0.723. The lowest BCUT2D eigenvalue weighted by molar-refractivity contribution is -0.136. The molecule has 31 heavy (non-hydrogen) atoms. The molecule has 0 radical (unpaired) electrons. The number of amides is 5. The van der Waals surface area contributed by atoms with Gasteiger partial charge in [0.1, 0.15) is 12.1 Å². The first-order valence-corrected chi connectivity index (χ1v) is 10.9. The third kappa shape index (κ3) is 4.16. The summed E-state index contributed by atoms with van der Waals surface area (Å²) in [5, 5.41) is 5.64. The standard InChI is InChI=1S/C23H30N4O4/c1-15-11-22(2,3)14-23(12-15)20(30)27(21(31)25-23)13-18(28)24-16-6-4-7-17(10-16)26-9-5-8-19(26)29/h4,6-7,10,15H,5,8-9,11-14H2,1-3H3,(H,24,28)(H,25,31). The minimum absolute atomic E-state index is 0.0632. The fourth-order valence-corrected chi connectivity index (χ4v) is 5.67. The smallest absolute Gasteiger partial charge is 0.324 e. The number of hydrogen-bond acceptors (Lipinski definition) is 4. The van der Waals surface area contributed by atoms with Crippen LogP contribution in [0.15, 0.2) is 24.3 Å². The van der Waals surface area contributed by atoms with Gasteiger partial charge >= 0.3 is 6.03 Å². The molecule has 166 valence electrons. The molecule has 2 aliphatic heterocycles. The molecular formula is C23H30N4O4. The minimum atomic E-state index is -0.922. The average Bonchev–Trinajstić information content (AvgIpc) is 3.17. The van der Waals surface area contributed by atoms with E-state index in [1.54, 1.807) is 23.1 Å². The Kier molecular flexibility index (Phi) is 5.27. The average molecular weight is 427 g/mol. The van der Waals surface area contributed by atoms with Gasteiger partial charge in [-0.3, -0.25) is 19.3 Å². The van der Waals surface area contributed by atoms with Crippen LogP contribution in [0.4, 0.5) is 16.2 Å². The maximum atomic E-state index is 13.2. The molecule has 0 aromatic heterocycles. The molecule has 3 fully saturated rings. The number of carbonyl (C=O) groups excluding carboxylic acids is 4. The molecular weight excluding hydrogens is 396 g/mol. The largest absolute Gasteiger partial charge is 0.325 e. The molecule has 8 heteroatoms. The summed E-state index contributed by atoms with van der Waals surface area (Å²) >= 11 is 0. The summed E-state index contributed by atoms with van der Waals surface area (Å²) in [6.07, 6.45) is 3.50. The van der Waals surface area contributed by atoms with Crippen LogP contribution in [0.1, 0.15) is 52.9 Å². The van der Waals surface area contributed by atoms with Crippen LogP contribution in [0.5, 0.6) is 0 Å². The van der Waals surface area contributed by atoms with E-state index in [4.69, 9.17) is 0 Å². The van der Waals surface area contributed by atoms with Crippen molar-refractivity contribution in [1.29, 1.82) is 0 Å². The molecule has 0 bridgehead atoms. The van der Waals surface area contributed by atoms with Gasteiger partial charge in [-0.25, -0.2) is 4.79 Å². The Labute approximate surface area is 182 Å². The highest BCUT2D eigenvalue weighted by atomic mass is 16.2. The van der Waals surface area contributed by atoms with Crippen molar-refractivity contribution in [1.82, 2.24) is 10.2 Å². The van der Waals surface area contributed by atoms with Gasteiger partial charge in [0.05, 0.1) is 0 Å². The van der Waals surface area contributed by atoms with Crippen molar-refractivity contribution in [3.63, 3.8) is 0 Å². The van der Waals surface area contributed by atoms with Crippen molar-refractivity contribution in [3.05, 3.63) is 24.3 Å². The van der Waals surface area contributed by atoms with E-state index in [1.165, 1.54) is 0 Å². The molecule has 5 amide bonds. The summed E-state index contributed by atoms with van der Waals surface area (Å²) in [4.78, 5) is 53.1. The van der Waals surface area contributed by atoms with E-state index >= 15 is 0 Å². The molecule has 3 aliphatic rings. The fraction of sp³-hybridized carbons (Fsp3) is 0.565. The molecule has 1 saturated carbocycles. The second-order valence-electron chi connectivity index (χ2n) is 10.0. The highest BCUT2D eigenvalue weighted by molar-refractivity contribution is 6.10. The Morgan fingerprint density at radius 3 is 2.68 bits per heavy atom. The molecule has 2 atom stereocenters. The third-order valence-electron chi connectivity index (χ3n) is 6.44. The number of imide groups is 1. The maximum Gasteiger partial charge on any atom is 0.325 e. The van der Waals surface area contributed by atoms with Crippen LogP contribution in [0, 0.1) is 11.3 Å². The van der Waals surface area contributed by atoms with Crippen LogP contribution in [-0.2, 0) is 14.4 Å². The summed E-state index contributed by atoms with van der Waals surface area (Å²) < 4.78 is 0. The second kappa shape index (κ2) is 7.66. The summed E-state index contributed by atoms with van der Waals surface area (Å²) in [5.41, 5.74) is 0.269. The molecule has 2 saturated heterocycles. The van der Waals surface area contributed by atoms with E-state index < -0.39 is 17.5 Å². The van der Waals surface area contributed by atoms with Crippen molar-refractivity contribution < 1.29 is 19.2 Å². The van der Waals surface area contributed by atoms with Crippen LogP contribution in [-0.4, -0.2) is 47.3 Å². The number of nitrogens with zero attached hydrogens (tertiary/aromatic N) is 2. The molecule has 1 aromatic carbocycles. The monoisotopic (exact) mass is 426 g/mol. The molecule has 4 rings (SSSR count). The Balaban J connectivity index is 1.44. The fourth-order valence-electron chi connectivity index (χ4n) is 5.67. The number of rotatable bonds is 4. The zero-order chi connectivity index (χ0) is 22.4. The summed E-state index contributed by atoms with van der Waals surface area (Å²) in [6, 6.07) is 6.54. The van der Waals surface area contributed by atoms with E-state index in [-0.39, 0.29) is 23.8 Å². The molecule has 1 spiro atoms. The maximum absolute atomic E-state index is 13.2. The van der Waals surface area contributed by atoms with E-state index in [0.29, 0.717) is 37.4 Å². The van der Waals surface area contributed by atoms with Gasteiger partial charge < -0.3 is 15.5 Å². The molecule has 1 aliphatic carbocycles. The van der Waals surface area contributed by atoms with Crippen LogP contribution in [0.3, 0.4) is 0 Å². The number of benzene rings is 1. The van der Waals surface area contributed by atoms with Crippen molar-refractivity contribution >= 4 is 35.1 Å². The van der Waals surface area contributed by atoms with Crippen molar-refractivity contribution in [3.8, 4) is 0 Å². The van der Waals surface area contributed by atoms with Gasteiger partial charge in [0.2, 0.25) is 11.8 Å². The van der Waals surface area contributed by atoms with Gasteiger partial charge in [0.15, 0.2) is 0 Å². The van der Waals surface area contributed by atoms with Crippen LogP contribution < -0.4 is 15.5 Å². The van der Waals surface area contributed by atoms with Gasteiger partial charge in [0.25, 0.3) is 5.91 Å². The minimum Gasteiger partial charge on any atom is -0.324 e. The summed E-state index contributed by atoms with van der Waals surface area (Å²) in [7, 11) is 0. The van der Waals surface area contributed by atoms with Gasteiger partial charge in [0, 0.05) is 24.3 Å². The van der Waals surface area contributed by atoms with E-state index in [9.17, 15) is 19.2 Å². The molecule has 2 unspecified atom stereocenters. The number of carbonyl (C=O) groups is 4. The first-order chi connectivity index (χ1) is 14.6. The normalized spacial score (nSPS) is 27.7. The lowest BCUT2D eigenvalue weighted by Gasteiger charge is -2.43. The number of anilines is 2. The Morgan fingerprint density at radius 1 is 1.23 bits per heavy atom. The van der Waals surface area contributed by atoms with Crippen molar-refractivity contribution in [2.75, 3.05) is 23.3 Å². The number of urea groups is 1. The first-order valence-electron chi connectivity index (χ1n) is 10.9. The van der Waals surface area contributed by atoms with Crippen LogP contribution in [0.25, 0.3) is 0 Å². The Bertz CT molecular complexity index is 943. The van der Waals surface area contributed by atoms with Gasteiger partial charge in [-0.2, -0.15) is 0 Å². The van der Waals surface area contributed by atoms with E-state index in [2.05, 4.69) is 31.4 Å². The predicted molar refractivity (Wildman–Crippen MR) is 116 cm³/mol. The zero-order valence-corrected chi connectivity index (χ0v) is 18.4. The molecule has 2 N–H and O–H groups in total. The van der Waals surface area contributed by atoms with E-state index in [0.717, 1.165) is 23.4 Å². The Hall–Kier alpha value is -2.90. The lowest BCUT2D eigenvalue weighted by Crippen LogP contribution is -2.54. The highest BCUT2D eigenvalue weighted by Gasteiger charge is 2.56. The van der Waals surface area contributed by atoms with Crippen molar-refractivity contribution in [2.24, 2.45) is 11.3 Å². The molecule has 2 heterocycles. The lowest BCUT2D eigenvalue weighted by atomic mass is 9.64. The van der Waals surface area contributed by atoms with Gasteiger partial charge in [-0.05, 0) is 55.2 Å². The first kappa shape index (κ1) is 21.3. The third-order valence-corrected chi connectivity index (χ3v) is 6.44. The summed E-state index contributed by atoms with van der Waals surface area (Å²) in [6.45, 7) is 6.63. The predicted octanol–water partition coefficient (Wildman–Crippen LogP) is 2.89. The van der Waals surface area contributed by atoms with Crippen LogP contribution >= 0.6 is 0 Å². The number of hydrogen-bond donors (Lipinski definition) is 2. The van der Waals surface area contributed by atoms with Gasteiger partial charge in [-0.15, -0.1) is 0 Å². The van der Waals surface area contributed by atoms with E-state index in [1.807, 2.05) is 6.07 Å². The summed E-state index contributed by atoms with van der Waals surface area (Å²) in [5.74, 6) is -0.396. The van der Waals surface area contributed by atoms with Crippen molar-refractivity contribution in [2.45, 2.75) is 58.4 Å².